The fourth-order valence-corrected chi connectivity index (χ4v) is 1.87. The third-order valence-electron chi connectivity index (χ3n) is 2.86. The van der Waals surface area contributed by atoms with E-state index in [9.17, 15) is 9.59 Å². The highest BCUT2D eigenvalue weighted by Crippen LogP contribution is 2.18. The Morgan fingerprint density at radius 1 is 1.37 bits per heavy atom. The van der Waals surface area contributed by atoms with Gasteiger partial charge in [0.2, 0.25) is 0 Å². The summed E-state index contributed by atoms with van der Waals surface area (Å²) in [4.78, 5) is 22.7. The molecule has 0 fully saturated rings. The average molecular weight is 284 g/mol. The van der Waals surface area contributed by atoms with E-state index < -0.39 is 11.5 Å². The molecule has 1 rings (SSSR count). The summed E-state index contributed by atoms with van der Waals surface area (Å²) < 4.78 is 0. The van der Waals surface area contributed by atoms with E-state index in [1.807, 2.05) is 6.92 Å². The molecule has 2 N–H and O–H groups in total. The van der Waals surface area contributed by atoms with Crippen LogP contribution in [0.3, 0.4) is 0 Å². The van der Waals surface area contributed by atoms with Crippen LogP contribution in [0.25, 0.3) is 0 Å². The predicted molar refractivity (Wildman–Crippen MR) is 74.6 cm³/mol. The van der Waals surface area contributed by atoms with E-state index in [4.69, 9.17) is 16.7 Å². The minimum Gasteiger partial charge on any atom is -0.481 e. The van der Waals surface area contributed by atoms with Gasteiger partial charge in [-0.25, -0.2) is 0 Å². The number of benzene rings is 1. The van der Waals surface area contributed by atoms with Crippen LogP contribution in [0.1, 0.15) is 42.6 Å². The zero-order valence-electron chi connectivity index (χ0n) is 11.3. The van der Waals surface area contributed by atoms with E-state index >= 15 is 0 Å². The van der Waals surface area contributed by atoms with E-state index in [-0.39, 0.29) is 12.3 Å². The van der Waals surface area contributed by atoms with Crippen molar-refractivity contribution in [2.45, 2.75) is 39.2 Å². The van der Waals surface area contributed by atoms with Crippen LogP contribution >= 0.6 is 11.6 Å². The number of rotatable bonds is 5. The summed E-state index contributed by atoms with van der Waals surface area (Å²) in [6.45, 7) is 5.43. The molecular formula is C14H18ClNO3. The van der Waals surface area contributed by atoms with Gasteiger partial charge in [-0.2, -0.15) is 0 Å². The van der Waals surface area contributed by atoms with E-state index in [0.717, 1.165) is 5.56 Å². The summed E-state index contributed by atoms with van der Waals surface area (Å²) in [7, 11) is 0. The Labute approximate surface area is 117 Å². The van der Waals surface area contributed by atoms with Crippen molar-refractivity contribution in [2.24, 2.45) is 0 Å². The Morgan fingerprint density at radius 2 is 2.00 bits per heavy atom. The highest BCUT2D eigenvalue weighted by molar-refractivity contribution is 6.31. The van der Waals surface area contributed by atoms with Crippen molar-refractivity contribution in [1.82, 2.24) is 5.32 Å². The Balaban J connectivity index is 2.78. The van der Waals surface area contributed by atoms with Crippen LogP contribution in [-0.4, -0.2) is 22.5 Å². The molecule has 0 radical (unpaired) electrons. The van der Waals surface area contributed by atoms with Gasteiger partial charge in [0.1, 0.15) is 0 Å². The molecule has 4 nitrogen and oxygen atoms in total. The molecule has 0 saturated carbocycles. The molecular weight excluding hydrogens is 266 g/mol. The van der Waals surface area contributed by atoms with Crippen molar-refractivity contribution < 1.29 is 14.7 Å². The number of nitrogens with one attached hydrogen (secondary N) is 1. The molecule has 0 bridgehead atoms. The SMILES string of the molecule is Cc1ccc(Cl)cc1C(=O)NC(C)(C)CCC(=O)O. The Morgan fingerprint density at radius 3 is 2.58 bits per heavy atom. The number of aryl methyl sites for hydroxylation is 1. The molecule has 0 aliphatic rings. The van der Waals surface area contributed by atoms with Crippen LogP contribution in [0.4, 0.5) is 0 Å². The minimum atomic E-state index is -0.874. The second-order valence-corrected chi connectivity index (χ2v) is 5.63. The lowest BCUT2D eigenvalue weighted by molar-refractivity contribution is -0.137. The molecule has 0 saturated heterocycles. The third-order valence-corrected chi connectivity index (χ3v) is 3.10. The smallest absolute Gasteiger partial charge is 0.303 e. The van der Waals surface area contributed by atoms with Crippen LogP contribution in [0.5, 0.6) is 0 Å². The van der Waals surface area contributed by atoms with E-state index in [1.165, 1.54) is 0 Å². The molecule has 0 unspecified atom stereocenters. The summed E-state index contributed by atoms with van der Waals surface area (Å²) in [6, 6.07) is 5.12. The summed E-state index contributed by atoms with van der Waals surface area (Å²) >= 11 is 5.88. The largest absolute Gasteiger partial charge is 0.481 e. The molecule has 1 amide bonds. The fourth-order valence-electron chi connectivity index (χ4n) is 1.70. The highest BCUT2D eigenvalue weighted by atomic mass is 35.5. The van der Waals surface area contributed by atoms with Gasteiger partial charge in [-0.3, -0.25) is 9.59 Å². The van der Waals surface area contributed by atoms with Crippen molar-refractivity contribution in [1.29, 1.82) is 0 Å². The van der Waals surface area contributed by atoms with Crippen molar-refractivity contribution in [3.63, 3.8) is 0 Å². The first kappa shape index (κ1) is 15.5. The summed E-state index contributed by atoms with van der Waals surface area (Å²) in [6.07, 6.45) is 0.384. The van der Waals surface area contributed by atoms with Crippen LogP contribution < -0.4 is 5.32 Å². The van der Waals surface area contributed by atoms with Gasteiger partial charge in [-0.15, -0.1) is 0 Å². The van der Waals surface area contributed by atoms with Gasteiger partial charge in [0.15, 0.2) is 0 Å². The second-order valence-electron chi connectivity index (χ2n) is 5.19. The highest BCUT2D eigenvalue weighted by Gasteiger charge is 2.23. The monoisotopic (exact) mass is 283 g/mol. The number of hydrogen-bond donors (Lipinski definition) is 2. The third kappa shape index (κ3) is 4.91. The van der Waals surface area contributed by atoms with E-state index in [2.05, 4.69) is 5.32 Å². The van der Waals surface area contributed by atoms with E-state index in [1.54, 1.807) is 32.0 Å². The first-order chi connectivity index (χ1) is 8.71. The molecule has 0 aliphatic carbocycles. The number of carbonyl (C=O) groups is 2. The topological polar surface area (TPSA) is 66.4 Å². The Kier molecular flexibility index (Phi) is 4.95. The van der Waals surface area contributed by atoms with Gasteiger partial charge in [0.05, 0.1) is 0 Å². The molecule has 0 aromatic heterocycles. The normalized spacial score (nSPS) is 11.2. The van der Waals surface area contributed by atoms with Crippen LogP contribution in [-0.2, 0) is 4.79 Å². The maximum absolute atomic E-state index is 12.2. The Bertz CT molecular complexity index is 497. The van der Waals surface area contributed by atoms with Gasteiger partial charge < -0.3 is 10.4 Å². The van der Waals surface area contributed by atoms with Crippen molar-refractivity contribution in [2.75, 3.05) is 0 Å². The fraction of sp³-hybridized carbons (Fsp3) is 0.429. The number of carboxylic acid groups (broad SMARTS) is 1. The molecule has 1 aromatic rings. The Hall–Kier alpha value is -1.55. The minimum absolute atomic E-state index is 0.0157. The first-order valence-electron chi connectivity index (χ1n) is 6.02. The van der Waals surface area contributed by atoms with Crippen molar-refractivity contribution >= 4 is 23.5 Å². The number of aliphatic carboxylic acids is 1. The quantitative estimate of drug-likeness (QED) is 0.873. The number of carboxylic acids is 1. The standard InChI is InChI=1S/C14H18ClNO3/c1-9-4-5-10(15)8-11(9)13(19)16-14(2,3)7-6-12(17)18/h4-5,8H,6-7H2,1-3H3,(H,16,19)(H,17,18). The van der Waals surface area contributed by atoms with Gasteiger partial charge in [-0.05, 0) is 44.9 Å². The van der Waals surface area contributed by atoms with Crippen LogP contribution in [0, 0.1) is 6.92 Å². The lowest BCUT2D eigenvalue weighted by atomic mass is 9.97. The van der Waals surface area contributed by atoms with E-state index in [0.29, 0.717) is 17.0 Å². The summed E-state index contributed by atoms with van der Waals surface area (Å²) in [5.41, 5.74) is 0.761. The summed E-state index contributed by atoms with van der Waals surface area (Å²) in [5, 5.41) is 12.0. The van der Waals surface area contributed by atoms with Crippen LogP contribution in [0.15, 0.2) is 18.2 Å². The number of halogens is 1. The number of carbonyl (C=O) groups excluding carboxylic acids is 1. The molecule has 0 aliphatic heterocycles. The molecule has 104 valence electrons. The molecule has 1 aromatic carbocycles. The zero-order chi connectivity index (χ0) is 14.6. The number of amides is 1. The molecule has 0 spiro atoms. The molecule has 0 heterocycles. The zero-order valence-corrected chi connectivity index (χ0v) is 12.0. The van der Waals surface area contributed by atoms with Gasteiger partial charge >= 0.3 is 5.97 Å². The average Bonchev–Trinajstić information content (AvgIpc) is 2.29. The van der Waals surface area contributed by atoms with Crippen LogP contribution in [0.2, 0.25) is 5.02 Å². The molecule has 19 heavy (non-hydrogen) atoms. The van der Waals surface area contributed by atoms with Gasteiger partial charge in [0.25, 0.3) is 5.91 Å². The molecule has 5 heteroatoms. The van der Waals surface area contributed by atoms with Gasteiger partial charge in [0, 0.05) is 22.5 Å². The maximum atomic E-state index is 12.2. The molecule has 0 atom stereocenters. The lowest BCUT2D eigenvalue weighted by Crippen LogP contribution is -2.43. The first-order valence-corrected chi connectivity index (χ1v) is 6.39. The van der Waals surface area contributed by atoms with Crippen molar-refractivity contribution in [3.8, 4) is 0 Å². The van der Waals surface area contributed by atoms with Gasteiger partial charge in [-0.1, -0.05) is 17.7 Å². The lowest BCUT2D eigenvalue weighted by Gasteiger charge is -2.26. The summed E-state index contributed by atoms with van der Waals surface area (Å²) in [5.74, 6) is -1.11. The predicted octanol–water partition coefficient (Wildman–Crippen LogP) is 3.02. The second kappa shape index (κ2) is 6.06. The number of hydrogen-bond acceptors (Lipinski definition) is 2. The maximum Gasteiger partial charge on any atom is 0.303 e. The van der Waals surface area contributed by atoms with Crippen molar-refractivity contribution in [3.05, 3.63) is 34.3 Å².